The fourth-order valence-electron chi connectivity index (χ4n) is 7.28. The smallest absolute Gasteiger partial charge is 0.234 e. The third kappa shape index (κ3) is 4.60. The van der Waals surface area contributed by atoms with Gasteiger partial charge >= 0.3 is 0 Å². The van der Waals surface area contributed by atoms with E-state index in [9.17, 15) is 14.7 Å². The zero-order valence-electron chi connectivity index (χ0n) is 22.0. The fraction of sp³-hybridized carbons (Fsp3) is 0.469. The van der Waals surface area contributed by atoms with Crippen LogP contribution in [0, 0.1) is 17.8 Å². The summed E-state index contributed by atoms with van der Waals surface area (Å²) >= 11 is 0. The first kappa shape index (κ1) is 25.1. The number of imide groups is 1. The normalized spacial score (nSPS) is 28.1. The minimum atomic E-state index is -0.272. The second kappa shape index (κ2) is 10.5. The number of carbonyl (C=O) groups is 2. The van der Waals surface area contributed by atoms with Gasteiger partial charge in [0.25, 0.3) is 0 Å². The highest BCUT2D eigenvalue weighted by Gasteiger charge is 2.57. The Hall–Kier alpha value is -3.25. The van der Waals surface area contributed by atoms with Crippen LogP contribution < -0.4 is 0 Å². The van der Waals surface area contributed by atoms with E-state index in [0.29, 0.717) is 13.0 Å². The maximum Gasteiger partial charge on any atom is 0.234 e. The lowest BCUT2D eigenvalue weighted by Crippen LogP contribution is -2.42. The SMILES string of the molecule is CC1=C2[C@@H](CC/C(=C/c3cccc(O)c3)c3ccccn3)OC[C@@H]2[C@@H]2C(=O)N(C3CCCCC3)C(=O)[C@@H]2C1. The van der Waals surface area contributed by atoms with Crippen LogP contribution >= 0.6 is 0 Å². The van der Waals surface area contributed by atoms with E-state index in [4.69, 9.17) is 4.74 Å². The van der Waals surface area contributed by atoms with Crippen molar-refractivity contribution >= 4 is 23.5 Å². The number of hydrogen-bond donors (Lipinski definition) is 1. The van der Waals surface area contributed by atoms with E-state index in [2.05, 4.69) is 18.0 Å². The molecule has 1 N–H and O–H groups in total. The number of benzene rings is 1. The Morgan fingerprint density at radius 1 is 1.08 bits per heavy atom. The van der Waals surface area contributed by atoms with Crippen LogP contribution in [0.2, 0.25) is 0 Å². The number of pyridine rings is 1. The molecule has 2 aromatic rings. The van der Waals surface area contributed by atoms with Gasteiger partial charge < -0.3 is 9.84 Å². The van der Waals surface area contributed by atoms with Gasteiger partial charge in [-0.25, -0.2) is 0 Å². The largest absolute Gasteiger partial charge is 0.508 e. The zero-order valence-corrected chi connectivity index (χ0v) is 22.0. The predicted molar refractivity (Wildman–Crippen MR) is 146 cm³/mol. The number of carbonyl (C=O) groups excluding carboxylic acids is 2. The van der Waals surface area contributed by atoms with E-state index in [1.807, 2.05) is 30.3 Å². The van der Waals surface area contributed by atoms with Gasteiger partial charge in [-0.05, 0) is 86.1 Å². The van der Waals surface area contributed by atoms with Crippen LogP contribution in [0.25, 0.3) is 11.6 Å². The maximum atomic E-state index is 13.7. The summed E-state index contributed by atoms with van der Waals surface area (Å²) < 4.78 is 6.37. The summed E-state index contributed by atoms with van der Waals surface area (Å²) in [5.41, 5.74) is 5.37. The molecule has 4 aliphatic rings. The van der Waals surface area contributed by atoms with Crippen LogP contribution in [0.4, 0.5) is 0 Å². The summed E-state index contributed by atoms with van der Waals surface area (Å²) in [7, 11) is 0. The number of aromatic nitrogens is 1. The molecule has 2 aliphatic carbocycles. The van der Waals surface area contributed by atoms with Gasteiger partial charge in [-0.3, -0.25) is 19.5 Å². The predicted octanol–water partition coefficient (Wildman–Crippen LogP) is 5.78. The average molecular weight is 513 g/mol. The number of allylic oxidation sites excluding steroid dienone is 2. The molecule has 6 nitrogen and oxygen atoms in total. The number of phenols is 1. The Balaban J connectivity index is 1.22. The van der Waals surface area contributed by atoms with E-state index in [1.165, 1.54) is 17.6 Å². The molecular weight excluding hydrogens is 476 g/mol. The quantitative estimate of drug-likeness (QED) is 0.392. The van der Waals surface area contributed by atoms with Gasteiger partial charge in [-0.15, -0.1) is 0 Å². The number of phenolic OH excluding ortho intramolecular Hbond substituents is 1. The number of rotatable bonds is 6. The third-order valence-corrected chi connectivity index (χ3v) is 9.01. The molecule has 38 heavy (non-hydrogen) atoms. The number of amides is 2. The average Bonchev–Trinajstić information content (AvgIpc) is 3.46. The summed E-state index contributed by atoms with van der Waals surface area (Å²) in [5, 5.41) is 9.95. The topological polar surface area (TPSA) is 79.7 Å². The van der Waals surface area contributed by atoms with Crippen molar-refractivity contribution in [2.45, 2.75) is 70.4 Å². The number of fused-ring (bicyclic) bond motifs is 3. The van der Waals surface area contributed by atoms with Gasteiger partial charge in [0.1, 0.15) is 5.75 Å². The minimum Gasteiger partial charge on any atom is -0.508 e. The monoisotopic (exact) mass is 512 g/mol. The number of hydrogen-bond acceptors (Lipinski definition) is 5. The standard InChI is InChI=1S/C32H36N2O4/c1-20-16-25-30(32(37)34(31(25)36)23-9-3-2-4-10-23)26-19-38-28(29(20)26)14-13-22(27-12-5-6-15-33-27)17-21-8-7-11-24(35)18-21/h5-8,11-12,15,17-18,23,25-26,28,30,35H,2-4,9-10,13-14,16,19H2,1H3/b22-17-/t25-,26+,28-,30-/m1/s1. The number of ether oxygens (including phenoxy) is 1. The molecule has 6 heteroatoms. The van der Waals surface area contributed by atoms with Crippen molar-refractivity contribution in [3.05, 3.63) is 71.1 Å². The fourth-order valence-corrected chi connectivity index (χ4v) is 7.28. The number of likely N-dealkylation sites (tertiary alicyclic amines) is 1. The maximum absolute atomic E-state index is 13.7. The van der Waals surface area contributed by atoms with Crippen LogP contribution in [0.5, 0.6) is 5.75 Å². The minimum absolute atomic E-state index is 0.00265. The molecule has 0 spiro atoms. The lowest BCUT2D eigenvalue weighted by molar-refractivity contribution is -0.143. The van der Waals surface area contributed by atoms with Crippen LogP contribution in [-0.2, 0) is 14.3 Å². The van der Waals surface area contributed by atoms with E-state index in [-0.39, 0.29) is 47.5 Å². The Bertz CT molecular complexity index is 1280. The first-order chi connectivity index (χ1) is 18.5. The van der Waals surface area contributed by atoms with Crippen molar-refractivity contribution in [1.29, 1.82) is 0 Å². The molecule has 0 unspecified atom stereocenters. The summed E-state index contributed by atoms with van der Waals surface area (Å²) in [6.45, 7) is 2.63. The highest BCUT2D eigenvalue weighted by atomic mass is 16.5. The van der Waals surface area contributed by atoms with Crippen LogP contribution in [0.15, 0.2) is 59.8 Å². The van der Waals surface area contributed by atoms with Crippen molar-refractivity contribution in [1.82, 2.24) is 9.88 Å². The van der Waals surface area contributed by atoms with E-state index in [1.54, 1.807) is 23.2 Å². The molecule has 0 radical (unpaired) electrons. The van der Waals surface area contributed by atoms with Crippen molar-refractivity contribution in [3.63, 3.8) is 0 Å². The summed E-state index contributed by atoms with van der Waals surface area (Å²) in [6, 6.07) is 13.2. The van der Waals surface area contributed by atoms with E-state index >= 15 is 0 Å². The van der Waals surface area contributed by atoms with Gasteiger partial charge in [0, 0.05) is 18.2 Å². The van der Waals surface area contributed by atoms with Crippen molar-refractivity contribution in [3.8, 4) is 5.75 Å². The Morgan fingerprint density at radius 3 is 2.68 bits per heavy atom. The van der Waals surface area contributed by atoms with E-state index in [0.717, 1.165) is 55.4 Å². The second-order valence-electron chi connectivity index (χ2n) is 11.4. The van der Waals surface area contributed by atoms with Gasteiger partial charge in [0.05, 0.1) is 30.2 Å². The summed E-state index contributed by atoms with van der Waals surface area (Å²) in [5.74, 6) is -0.167. The lowest BCUT2D eigenvalue weighted by Gasteiger charge is -2.31. The Morgan fingerprint density at radius 2 is 1.92 bits per heavy atom. The van der Waals surface area contributed by atoms with Crippen LogP contribution in [-0.4, -0.2) is 45.6 Å². The highest BCUT2D eigenvalue weighted by Crippen LogP contribution is 2.50. The first-order valence-electron chi connectivity index (χ1n) is 14.1. The third-order valence-electron chi connectivity index (χ3n) is 9.01. The summed E-state index contributed by atoms with van der Waals surface area (Å²) in [6.07, 6.45) is 11.3. The van der Waals surface area contributed by atoms with Crippen molar-refractivity contribution < 1.29 is 19.4 Å². The van der Waals surface area contributed by atoms with Crippen LogP contribution in [0.1, 0.15) is 69.5 Å². The molecule has 1 aromatic carbocycles. The van der Waals surface area contributed by atoms with Gasteiger partial charge in [0.15, 0.2) is 0 Å². The molecule has 2 aliphatic heterocycles. The molecule has 2 saturated heterocycles. The molecule has 4 atom stereocenters. The molecule has 3 heterocycles. The number of aromatic hydroxyl groups is 1. The molecule has 2 amide bonds. The van der Waals surface area contributed by atoms with Crippen molar-refractivity contribution in [2.24, 2.45) is 17.8 Å². The lowest BCUT2D eigenvalue weighted by atomic mass is 9.70. The molecule has 6 rings (SSSR count). The molecule has 3 fully saturated rings. The zero-order chi connectivity index (χ0) is 26.2. The second-order valence-corrected chi connectivity index (χ2v) is 11.4. The number of nitrogens with zero attached hydrogens (tertiary/aromatic N) is 2. The highest BCUT2D eigenvalue weighted by molar-refractivity contribution is 6.06. The molecule has 198 valence electrons. The molecular formula is C32H36N2O4. The van der Waals surface area contributed by atoms with Crippen LogP contribution in [0.3, 0.4) is 0 Å². The van der Waals surface area contributed by atoms with Gasteiger partial charge in [-0.2, -0.15) is 0 Å². The first-order valence-corrected chi connectivity index (χ1v) is 14.1. The van der Waals surface area contributed by atoms with Gasteiger partial charge in [-0.1, -0.05) is 43.0 Å². The van der Waals surface area contributed by atoms with E-state index < -0.39 is 0 Å². The molecule has 1 aromatic heterocycles. The molecule has 1 saturated carbocycles. The Kier molecular flexibility index (Phi) is 6.91. The Labute approximate surface area is 224 Å². The van der Waals surface area contributed by atoms with Crippen molar-refractivity contribution in [2.75, 3.05) is 6.61 Å². The molecule has 0 bridgehead atoms. The van der Waals surface area contributed by atoms with Gasteiger partial charge in [0.2, 0.25) is 11.8 Å². The summed E-state index contributed by atoms with van der Waals surface area (Å²) in [4.78, 5) is 33.4.